The van der Waals surface area contributed by atoms with Gasteiger partial charge in [-0.2, -0.15) is 5.10 Å². The summed E-state index contributed by atoms with van der Waals surface area (Å²) in [6.45, 7) is 0.438. The molecule has 1 spiro atoms. The van der Waals surface area contributed by atoms with Crippen LogP contribution in [0.25, 0.3) is 11.3 Å². The van der Waals surface area contributed by atoms with Crippen LogP contribution in [0.1, 0.15) is 54.4 Å². The molecule has 3 aromatic carbocycles. The quantitative estimate of drug-likeness (QED) is 0.216. The summed E-state index contributed by atoms with van der Waals surface area (Å²) in [5, 5.41) is 4.48. The Labute approximate surface area is 225 Å². The molecule has 2 aliphatic rings. The molecule has 6 heteroatoms. The minimum atomic E-state index is -0.149. The molecule has 0 aliphatic heterocycles. The zero-order valence-corrected chi connectivity index (χ0v) is 22.2. The largest absolute Gasteiger partial charge is 0.273 e. The molecule has 0 unspecified atom stereocenters. The first kappa shape index (κ1) is 23.9. The highest BCUT2D eigenvalue weighted by Crippen LogP contribution is 2.48. The number of rotatable bonds is 5. The normalized spacial score (nSPS) is 15.9. The average molecular weight is 554 g/mol. The van der Waals surface area contributed by atoms with E-state index in [-0.39, 0.29) is 11.0 Å². The van der Waals surface area contributed by atoms with Crippen molar-refractivity contribution in [1.29, 1.82) is 0 Å². The molecule has 0 bridgehead atoms. The van der Waals surface area contributed by atoms with Gasteiger partial charge in [0.2, 0.25) is 5.95 Å². The van der Waals surface area contributed by atoms with E-state index in [0.29, 0.717) is 12.5 Å². The van der Waals surface area contributed by atoms with Gasteiger partial charge in [-0.25, -0.2) is 10.4 Å². The van der Waals surface area contributed by atoms with Crippen LogP contribution in [0.15, 0.2) is 93.2 Å². The Morgan fingerprint density at radius 1 is 0.946 bits per heavy atom. The summed E-state index contributed by atoms with van der Waals surface area (Å²) in [7, 11) is 0. The van der Waals surface area contributed by atoms with E-state index in [1.165, 1.54) is 12.0 Å². The summed E-state index contributed by atoms with van der Waals surface area (Å²) in [5.41, 5.74) is 9.09. The van der Waals surface area contributed by atoms with Crippen LogP contribution in [0.4, 0.5) is 5.95 Å². The van der Waals surface area contributed by atoms with E-state index < -0.39 is 0 Å². The molecule has 0 saturated heterocycles. The minimum absolute atomic E-state index is 0.0478. The van der Waals surface area contributed by atoms with E-state index in [2.05, 4.69) is 44.7 Å². The second-order valence-electron chi connectivity index (χ2n) is 10.1. The van der Waals surface area contributed by atoms with Crippen LogP contribution in [0.5, 0.6) is 0 Å². The van der Waals surface area contributed by atoms with Gasteiger partial charge in [-0.3, -0.25) is 9.36 Å². The lowest BCUT2D eigenvalue weighted by Crippen LogP contribution is -2.43. The summed E-state index contributed by atoms with van der Waals surface area (Å²) in [6.07, 6.45) is 8.26. The fraction of sp³-hybridized carbons (Fsp3) is 0.258. The van der Waals surface area contributed by atoms with Gasteiger partial charge in [0, 0.05) is 15.5 Å². The Bertz CT molecular complexity index is 1500. The maximum absolute atomic E-state index is 14.4. The van der Waals surface area contributed by atoms with Gasteiger partial charge in [-0.1, -0.05) is 102 Å². The van der Waals surface area contributed by atoms with Crippen molar-refractivity contribution in [3.05, 3.63) is 116 Å². The van der Waals surface area contributed by atoms with Crippen LogP contribution in [-0.4, -0.2) is 15.8 Å². The van der Waals surface area contributed by atoms with E-state index in [4.69, 9.17) is 4.98 Å². The SMILES string of the molecule is O=c1c2c(nc(N/N=C\c3ccc(Br)cc3)n1Cc1ccccc1)-c1ccccc1CC21CCCCC1. The molecular formula is C31H29BrN4O. The van der Waals surface area contributed by atoms with Gasteiger partial charge in [0.1, 0.15) is 0 Å². The van der Waals surface area contributed by atoms with Gasteiger partial charge in [0.15, 0.2) is 0 Å². The van der Waals surface area contributed by atoms with Gasteiger partial charge in [-0.15, -0.1) is 0 Å². The summed E-state index contributed by atoms with van der Waals surface area (Å²) >= 11 is 3.47. The van der Waals surface area contributed by atoms with Crippen molar-refractivity contribution in [2.75, 3.05) is 5.43 Å². The lowest BCUT2D eigenvalue weighted by molar-refractivity contribution is 0.283. The van der Waals surface area contributed by atoms with Crippen molar-refractivity contribution in [3.63, 3.8) is 0 Å². The molecule has 186 valence electrons. The molecule has 1 fully saturated rings. The predicted octanol–water partition coefficient (Wildman–Crippen LogP) is 6.93. The van der Waals surface area contributed by atoms with Gasteiger partial charge in [0.25, 0.3) is 5.56 Å². The summed E-state index contributed by atoms with van der Waals surface area (Å²) in [6, 6.07) is 26.5. The molecule has 37 heavy (non-hydrogen) atoms. The molecule has 1 saturated carbocycles. The number of fused-ring (bicyclic) bond motifs is 4. The van der Waals surface area contributed by atoms with Crippen molar-refractivity contribution in [2.24, 2.45) is 5.10 Å². The van der Waals surface area contributed by atoms with Crippen molar-refractivity contribution >= 4 is 28.1 Å². The Balaban J connectivity index is 1.50. The molecule has 2 aliphatic carbocycles. The maximum Gasteiger partial charge on any atom is 0.259 e. The Kier molecular flexibility index (Phi) is 6.51. The fourth-order valence-corrected chi connectivity index (χ4v) is 6.22. The molecule has 4 aromatic rings. The van der Waals surface area contributed by atoms with E-state index >= 15 is 0 Å². The second kappa shape index (κ2) is 10.1. The van der Waals surface area contributed by atoms with Crippen LogP contribution < -0.4 is 11.0 Å². The maximum atomic E-state index is 14.4. The topological polar surface area (TPSA) is 59.3 Å². The van der Waals surface area contributed by atoms with Gasteiger partial charge in [0.05, 0.1) is 24.0 Å². The second-order valence-corrected chi connectivity index (χ2v) is 11.0. The average Bonchev–Trinajstić information content (AvgIpc) is 2.92. The number of nitrogens with zero attached hydrogens (tertiary/aromatic N) is 3. The van der Waals surface area contributed by atoms with Gasteiger partial charge < -0.3 is 0 Å². The third-order valence-electron chi connectivity index (χ3n) is 7.74. The number of benzene rings is 3. The van der Waals surface area contributed by atoms with Crippen LogP contribution in [0, 0.1) is 0 Å². The van der Waals surface area contributed by atoms with Gasteiger partial charge in [-0.05, 0) is 48.1 Å². The smallest absolute Gasteiger partial charge is 0.259 e. The van der Waals surface area contributed by atoms with Crippen molar-refractivity contribution in [2.45, 2.75) is 50.5 Å². The van der Waals surface area contributed by atoms with Crippen LogP contribution >= 0.6 is 15.9 Å². The number of nitrogens with one attached hydrogen (secondary N) is 1. The molecule has 0 atom stereocenters. The molecule has 0 amide bonds. The van der Waals surface area contributed by atoms with E-state index in [9.17, 15) is 4.79 Å². The first-order valence-corrected chi connectivity index (χ1v) is 13.7. The van der Waals surface area contributed by atoms with Crippen LogP contribution in [-0.2, 0) is 18.4 Å². The van der Waals surface area contributed by atoms with Crippen LogP contribution in [0.3, 0.4) is 0 Å². The minimum Gasteiger partial charge on any atom is -0.273 e. The molecule has 5 nitrogen and oxygen atoms in total. The van der Waals surface area contributed by atoms with E-state index in [1.54, 1.807) is 10.8 Å². The highest BCUT2D eigenvalue weighted by molar-refractivity contribution is 9.10. The molecule has 1 N–H and O–H groups in total. The molecule has 0 radical (unpaired) electrons. The number of aromatic nitrogens is 2. The summed E-state index contributed by atoms with van der Waals surface area (Å²) in [5.74, 6) is 0.462. The monoisotopic (exact) mass is 552 g/mol. The molecule has 1 heterocycles. The van der Waals surface area contributed by atoms with Crippen molar-refractivity contribution in [3.8, 4) is 11.3 Å². The fourth-order valence-electron chi connectivity index (χ4n) is 5.95. The van der Waals surface area contributed by atoms with Crippen molar-refractivity contribution < 1.29 is 0 Å². The number of hydrogen-bond acceptors (Lipinski definition) is 4. The predicted molar refractivity (Wildman–Crippen MR) is 153 cm³/mol. The Hall–Kier alpha value is -3.51. The van der Waals surface area contributed by atoms with E-state index in [0.717, 1.165) is 64.5 Å². The number of hydrogen-bond donors (Lipinski definition) is 1. The summed E-state index contributed by atoms with van der Waals surface area (Å²) in [4.78, 5) is 19.6. The van der Waals surface area contributed by atoms with E-state index in [1.807, 2.05) is 60.7 Å². The molecule has 1 aromatic heterocycles. The molecule has 6 rings (SSSR count). The highest BCUT2D eigenvalue weighted by atomic mass is 79.9. The standard InChI is InChI=1S/C31H29BrN4O/c32-25-15-13-22(14-16-25)20-33-35-30-34-28-26-12-6-5-11-24(26)19-31(17-7-2-8-18-31)27(28)29(37)36(30)21-23-9-3-1-4-10-23/h1,3-6,9-16,20H,2,7-8,17-19,21H2,(H,34,35)/b33-20-. The first-order chi connectivity index (χ1) is 18.1. The molecular weight excluding hydrogens is 524 g/mol. The Morgan fingerprint density at radius 2 is 1.68 bits per heavy atom. The number of halogens is 1. The van der Waals surface area contributed by atoms with Crippen LogP contribution in [0.2, 0.25) is 0 Å². The third-order valence-corrected chi connectivity index (χ3v) is 8.27. The van der Waals surface area contributed by atoms with Gasteiger partial charge >= 0.3 is 0 Å². The Morgan fingerprint density at radius 3 is 2.46 bits per heavy atom. The summed E-state index contributed by atoms with van der Waals surface area (Å²) < 4.78 is 2.79. The highest BCUT2D eigenvalue weighted by Gasteiger charge is 2.43. The lowest BCUT2D eigenvalue weighted by Gasteiger charge is -2.42. The number of anilines is 1. The number of hydrazone groups is 1. The third kappa shape index (κ3) is 4.66. The lowest BCUT2D eigenvalue weighted by atomic mass is 9.62. The van der Waals surface area contributed by atoms with Crippen molar-refractivity contribution in [1.82, 2.24) is 9.55 Å². The first-order valence-electron chi connectivity index (χ1n) is 13.0. The zero-order chi connectivity index (χ0) is 25.2. The zero-order valence-electron chi connectivity index (χ0n) is 20.7.